The molecule has 4 nitrogen and oxygen atoms in total. The first-order valence-electron chi connectivity index (χ1n) is 6.65. The quantitative estimate of drug-likeness (QED) is 0.930. The number of carbonyl (C=O) groups is 2. The first kappa shape index (κ1) is 15.4. The van der Waals surface area contributed by atoms with Crippen molar-refractivity contribution in [2.24, 2.45) is 0 Å². The number of carbonyl (C=O) groups excluding carboxylic acids is 1. The third-order valence-corrected chi connectivity index (χ3v) is 3.97. The second kappa shape index (κ2) is 5.09. The smallest absolute Gasteiger partial charge is 0.343 e. The largest absolute Gasteiger partial charge is 0.479 e. The molecule has 1 heterocycles. The molecule has 1 saturated heterocycles. The fraction of sp³-hybridized carbons (Fsp3) is 0.467. The molecule has 1 amide bonds. The molecule has 6 heteroatoms. The Kier molecular flexibility index (Phi) is 3.74. The van der Waals surface area contributed by atoms with Crippen molar-refractivity contribution in [3.8, 4) is 0 Å². The standard InChI is InChI=1S/C15H17F2NO3/c1-14(2,10-5-3-4-6-11(10)16)12(19)18-8-7-15(17,9-18)13(20)21/h3-6H,7-9H2,1-2H3,(H,20,21). The number of alkyl halides is 1. The van der Waals surface area contributed by atoms with Crippen LogP contribution >= 0.6 is 0 Å². The third-order valence-electron chi connectivity index (χ3n) is 3.97. The van der Waals surface area contributed by atoms with Crippen molar-refractivity contribution >= 4 is 11.9 Å². The predicted molar refractivity (Wildman–Crippen MR) is 72.1 cm³/mol. The zero-order valence-corrected chi connectivity index (χ0v) is 11.9. The molecular weight excluding hydrogens is 280 g/mol. The molecule has 21 heavy (non-hydrogen) atoms. The van der Waals surface area contributed by atoms with E-state index in [1.165, 1.54) is 18.2 Å². The second-order valence-electron chi connectivity index (χ2n) is 5.85. The fourth-order valence-electron chi connectivity index (χ4n) is 2.60. The molecule has 1 N–H and O–H groups in total. The summed E-state index contributed by atoms with van der Waals surface area (Å²) in [5, 5.41) is 8.86. The highest BCUT2D eigenvalue weighted by molar-refractivity contribution is 5.89. The molecule has 0 radical (unpaired) electrons. The van der Waals surface area contributed by atoms with Crippen molar-refractivity contribution in [3.63, 3.8) is 0 Å². The molecule has 1 unspecified atom stereocenters. The van der Waals surface area contributed by atoms with Crippen LogP contribution in [0.1, 0.15) is 25.8 Å². The lowest BCUT2D eigenvalue weighted by Crippen LogP contribution is -2.45. The van der Waals surface area contributed by atoms with Crippen LogP contribution in [0.3, 0.4) is 0 Å². The summed E-state index contributed by atoms with van der Waals surface area (Å²) in [6, 6.07) is 5.90. The van der Waals surface area contributed by atoms with Gasteiger partial charge in [-0.3, -0.25) is 4.79 Å². The first-order valence-corrected chi connectivity index (χ1v) is 6.65. The minimum atomic E-state index is -2.42. The van der Waals surface area contributed by atoms with Crippen molar-refractivity contribution in [1.29, 1.82) is 0 Å². The van der Waals surface area contributed by atoms with Gasteiger partial charge in [-0.2, -0.15) is 0 Å². The Bertz CT molecular complexity index is 588. The Morgan fingerprint density at radius 2 is 1.95 bits per heavy atom. The summed E-state index contributed by atoms with van der Waals surface area (Å²) in [6.07, 6.45) is -0.249. The number of hydrogen-bond acceptors (Lipinski definition) is 2. The topological polar surface area (TPSA) is 57.6 Å². The molecule has 1 aliphatic rings. The van der Waals surface area contributed by atoms with Gasteiger partial charge in [-0.1, -0.05) is 18.2 Å². The Morgan fingerprint density at radius 1 is 1.33 bits per heavy atom. The van der Waals surface area contributed by atoms with E-state index in [0.717, 1.165) is 4.90 Å². The minimum absolute atomic E-state index is 0.0134. The second-order valence-corrected chi connectivity index (χ2v) is 5.85. The summed E-state index contributed by atoms with van der Waals surface area (Å²) in [7, 11) is 0. The number of carboxylic acids is 1. The van der Waals surface area contributed by atoms with Gasteiger partial charge >= 0.3 is 5.97 Å². The van der Waals surface area contributed by atoms with Gasteiger partial charge in [-0.15, -0.1) is 0 Å². The Labute approximate surface area is 121 Å². The van der Waals surface area contributed by atoms with E-state index < -0.39 is 35.3 Å². The van der Waals surface area contributed by atoms with E-state index in [1.54, 1.807) is 19.9 Å². The van der Waals surface area contributed by atoms with Crippen LogP contribution in [0.25, 0.3) is 0 Å². The highest BCUT2D eigenvalue weighted by Gasteiger charge is 2.49. The van der Waals surface area contributed by atoms with Crippen LogP contribution in [0.2, 0.25) is 0 Å². The molecule has 1 aromatic rings. The van der Waals surface area contributed by atoms with Crippen molar-refractivity contribution in [2.75, 3.05) is 13.1 Å². The highest BCUT2D eigenvalue weighted by Crippen LogP contribution is 2.33. The van der Waals surface area contributed by atoms with Crippen LogP contribution in [0.15, 0.2) is 24.3 Å². The lowest BCUT2D eigenvalue weighted by atomic mass is 9.83. The number of halogens is 2. The minimum Gasteiger partial charge on any atom is -0.479 e. The van der Waals surface area contributed by atoms with E-state index in [0.29, 0.717) is 0 Å². The van der Waals surface area contributed by atoms with Gasteiger partial charge in [0.2, 0.25) is 11.6 Å². The summed E-state index contributed by atoms with van der Waals surface area (Å²) in [5.74, 6) is -2.56. The third kappa shape index (κ3) is 2.62. The number of carboxylic acid groups (broad SMARTS) is 1. The molecule has 114 valence electrons. The van der Waals surface area contributed by atoms with E-state index in [1.807, 2.05) is 0 Å². The Balaban J connectivity index is 2.25. The van der Waals surface area contributed by atoms with Gasteiger partial charge in [-0.25, -0.2) is 13.6 Å². The van der Waals surface area contributed by atoms with Crippen molar-refractivity contribution in [2.45, 2.75) is 31.4 Å². The van der Waals surface area contributed by atoms with Crippen molar-refractivity contribution in [3.05, 3.63) is 35.6 Å². The molecule has 2 rings (SSSR count). The normalized spacial score (nSPS) is 22.4. The van der Waals surface area contributed by atoms with Gasteiger partial charge in [0.15, 0.2) is 0 Å². The Hall–Kier alpha value is -1.98. The maximum absolute atomic E-state index is 14.0. The summed E-state index contributed by atoms with van der Waals surface area (Å²) < 4.78 is 27.9. The van der Waals surface area contributed by atoms with Crippen LogP contribution in [-0.2, 0) is 15.0 Å². The fourth-order valence-corrected chi connectivity index (χ4v) is 2.60. The molecule has 1 fully saturated rings. The maximum Gasteiger partial charge on any atom is 0.343 e. The maximum atomic E-state index is 14.0. The molecule has 0 bridgehead atoms. The van der Waals surface area contributed by atoms with E-state index in [2.05, 4.69) is 0 Å². The van der Waals surface area contributed by atoms with Gasteiger partial charge in [0, 0.05) is 18.5 Å². The zero-order valence-electron chi connectivity index (χ0n) is 11.9. The molecule has 0 spiro atoms. The number of likely N-dealkylation sites (tertiary alicyclic amines) is 1. The summed E-state index contributed by atoms with van der Waals surface area (Å²) >= 11 is 0. The summed E-state index contributed by atoms with van der Waals surface area (Å²) in [6.45, 7) is 2.61. The van der Waals surface area contributed by atoms with Crippen LogP contribution in [0, 0.1) is 5.82 Å². The Morgan fingerprint density at radius 3 is 2.48 bits per heavy atom. The molecule has 1 aliphatic heterocycles. The van der Waals surface area contributed by atoms with Crippen LogP contribution in [0.4, 0.5) is 8.78 Å². The molecule has 0 saturated carbocycles. The highest BCUT2D eigenvalue weighted by atomic mass is 19.1. The van der Waals surface area contributed by atoms with Gasteiger partial charge in [0.25, 0.3) is 0 Å². The predicted octanol–water partition coefficient (Wildman–Crippen LogP) is 2.13. The van der Waals surface area contributed by atoms with Crippen LogP contribution < -0.4 is 0 Å². The molecule has 0 aromatic heterocycles. The first-order chi connectivity index (χ1) is 9.68. The van der Waals surface area contributed by atoms with Crippen molar-refractivity contribution in [1.82, 2.24) is 4.90 Å². The van der Waals surface area contributed by atoms with Gasteiger partial charge < -0.3 is 10.0 Å². The average Bonchev–Trinajstić information content (AvgIpc) is 2.82. The van der Waals surface area contributed by atoms with Gasteiger partial charge in [0.05, 0.1) is 12.0 Å². The van der Waals surface area contributed by atoms with E-state index in [-0.39, 0.29) is 18.5 Å². The number of benzene rings is 1. The number of amides is 1. The average molecular weight is 297 g/mol. The van der Waals surface area contributed by atoms with Crippen LogP contribution in [0.5, 0.6) is 0 Å². The van der Waals surface area contributed by atoms with Gasteiger partial charge in [0.1, 0.15) is 5.82 Å². The molecule has 1 aromatic carbocycles. The number of nitrogens with zero attached hydrogens (tertiary/aromatic N) is 1. The number of hydrogen-bond donors (Lipinski definition) is 1. The summed E-state index contributed by atoms with van der Waals surface area (Å²) in [4.78, 5) is 24.6. The number of aliphatic carboxylic acids is 1. The molecule has 1 atom stereocenters. The lowest BCUT2D eigenvalue weighted by molar-refractivity contribution is -0.150. The zero-order chi connectivity index (χ0) is 15.8. The van der Waals surface area contributed by atoms with E-state index in [9.17, 15) is 18.4 Å². The molecular formula is C15H17F2NO3. The lowest BCUT2D eigenvalue weighted by Gasteiger charge is -2.30. The van der Waals surface area contributed by atoms with Crippen molar-refractivity contribution < 1.29 is 23.5 Å². The number of rotatable bonds is 3. The van der Waals surface area contributed by atoms with E-state index >= 15 is 0 Å². The monoisotopic (exact) mass is 297 g/mol. The van der Waals surface area contributed by atoms with Gasteiger partial charge in [-0.05, 0) is 19.9 Å². The SMILES string of the molecule is CC(C)(C(=O)N1CCC(F)(C(=O)O)C1)c1ccccc1F. The molecule has 0 aliphatic carbocycles. The summed E-state index contributed by atoms with van der Waals surface area (Å²) in [5.41, 5.74) is -3.39. The van der Waals surface area contributed by atoms with E-state index in [4.69, 9.17) is 5.11 Å². The van der Waals surface area contributed by atoms with Crippen LogP contribution in [-0.4, -0.2) is 40.6 Å².